The number of phosphoric ester groups is 1. The lowest BCUT2D eigenvalue weighted by Gasteiger charge is -2.26. The Kier molecular flexibility index (Phi) is 54.5. The second kappa shape index (κ2) is 55.5. The van der Waals surface area contributed by atoms with Gasteiger partial charge in [0.2, 0.25) is 5.91 Å². The first-order valence-electron chi connectivity index (χ1n) is 31.9. The number of amides is 1. The van der Waals surface area contributed by atoms with Crippen LogP contribution in [0.1, 0.15) is 316 Å². The molecule has 0 heterocycles. The van der Waals surface area contributed by atoms with Gasteiger partial charge in [-0.2, -0.15) is 0 Å². The predicted octanol–water partition coefficient (Wildman–Crippen LogP) is 19.7. The van der Waals surface area contributed by atoms with Gasteiger partial charge in [0.05, 0.1) is 39.9 Å². The molecule has 0 aromatic rings. The number of nitrogens with zero attached hydrogens (tertiary/aromatic N) is 1. The maximum Gasteiger partial charge on any atom is 0.472 e. The number of allylic oxidation sites excluding steroid dienone is 6. The standard InChI is InChI=1S/C64H125N2O6P/c1-6-8-10-12-14-16-18-19-20-21-22-23-24-25-26-27-28-29-30-31-32-33-34-35-36-37-38-39-40-41-42-43-44-45-46-47-48-50-52-54-56-58-64(68)65-62(61-72-73(69,70)71-60-59-66(3,4)5)63(67)57-55-53-51-49-17-15-13-11-9-7-2/h18-19,21-22,24-25,62-63,67H,6-17,20,23,26-61H2,1-5H3,(H-,65,68,69,70)/p+1/b19-18-,22-21-,25-24-. The van der Waals surface area contributed by atoms with Crippen LogP contribution < -0.4 is 5.32 Å². The molecule has 432 valence electrons. The van der Waals surface area contributed by atoms with Gasteiger partial charge < -0.3 is 19.8 Å². The fraction of sp³-hybridized carbons (Fsp3) is 0.891. The molecule has 0 aromatic heterocycles. The highest BCUT2D eigenvalue weighted by molar-refractivity contribution is 7.47. The van der Waals surface area contributed by atoms with Crippen LogP contribution in [-0.2, 0) is 18.4 Å². The maximum atomic E-state index is 13.0. The lowest BCUT2D eigenvalue weighted by molar-refractivity contribution is -0.870. The molecular weight excluding hydrogens is 924 g/mol. The molecule has 3 atom stereocenters. The number of nitrogens with one attached hydrogen (secondary N) is 1. The highest BCUT2D eigenvalue weighted by Gasteiger charge is 2.28. The largest absolute Gasteiger partial charge is 0.472 e. The van der Waals surface area contributed by atoms with Crippen molar-refractivity contribution in [3.8, 4) is 0 Å². The first-order chi connectivity index (χ1) is 35.5. The molecule has 0 aliphatic heterocycles. The summed E-state index contributed by atoms with van der Waals surface area (Å²) in [5.74, 6) is -0.140. The number of rotatable bonds is 59. The molecule has 1 amide bonds. The minimum Gasteiger partial charge on any atom is -0.391 e. The lowest BCUT2D eigenvalue weighted by atomic mass is 10.0. The van der Waals surface area contributed by atoms with Gasteiger partial charge in [0, 0.05) is 6.42 Å². The van der Waals surface area contributed by atoms with E-state index in [-0.39, 0.29) is 19.1 Å². The van der Waals surface area contributed by atoms with Crippen molar-refractivity contribution < 1.29 is 32.9 Å². The molecule has 3 unspecified atom stereocenters. The van der Waals surface area contributed by atoms with Gasteiger partial charge in [-0.3, -0.25) is 13.8 Å². The van der Waals surface area contributed by atoms with Crippen molar-refractivity contribution in [3.05, 3.63) is 36.5 Å². The molecule has 0 spiro atoms. The number of phosphoric acid groups is 1. The number of carbonyl (C=O) groups excluding carboxylic acids is 1. The molecule has 0 fully saturated rings. The molecule has 3 N–H and O–H groups in total. The van der Waals surface area contributed by atoms with Crippen LogP contribution in [-0.4, -0.2) is 73.4 Å². The number of quaternary nitrogens is 1. The summed E-state index contributed by atoms with van der Waals surface area (Å²) in [6, 6.07) is -0.756. The fourth-order valence-electron chi connectivity index (χ4n) is 9.65. The van der Waals surface area contributed by atoms with Crippen LogP contribution in [0.5, 0.6) is 0 Å². The summed E-state index contributed by atoms with van der Waals surface area (Å²) >= 11 is 0. The number of hydrogen-bond donors (Lipinski definition) is 3. The molecule has 0 aliphatic carbocycles. The molecule has 0 saturated heterocycles. The lowest BCUT2D eigenvalue weighted by Crippen LogP contribution is -2.46. The maximum absolute atomic E-state index is 13.0. The van der Waals surface area contributed by atoms with E-state index in [4.69, 9.17) is 9.05 Å². The molecule has 0 saturated carbocycles. The van der Waals surface area contributed by atoms with Gasteiger partial charge in [-0.1, -0.05) is 294 Å². The summed E-state index contributed by atoms with van der Waals surface area (Å²) in [4.78, 5) is 23.3. The van der Waals surface area contributed by atoms with E-state index < -0.39 is 20.0 Å². The van der Waals surface area contributed by atoms with Crippen LogP contribution in [0.2, 0.25) is 0 Å². The molecule has 0 radical (unpaired) electrons. The number of hydrogen-bond acceptors (Lipinski definition) is 5. The Hall–Kier alpha value is -1.28. The van der Waals surface area contributed by atoms with Crippen molar-refractivity contribution in [2.45, 2.75) is 328 Å². The van der Waals surface area contributed by atoms with Crippen molar-refractivity contribution in [1.29, 1.82) is 0 Å². The first kappa shape index (κ1) is 71.7. The summed E-state index contributed by atoms with van der Waals surface area (Å²) < 4.78 is 23.7. The van der Waals surface area contributed by atoms with E-state index >= 15 is 0 Å². The number of aliphatic hydroxyl groups excluding tert-OH is 1. The van der Waals surface area contributed by atoms with E-state index in [9.17, 15) is 19.4 Å². The van der Waals surface area contributed by atoms with E-state index in [2.05, 4.69) is 55.6 Å². The Balaban J connectivity index is 3.76. The van der Waals surface area contributed by atoms with E-state index in [1.54, 1.807) is 0 Å². The summed E-state index contributed by atoms with van der Waals surface area (Å²) in [5, 5.41) is 14.0. The van der Waals surface area contributed by atoms with E-state index in [0.29, 0.717) is 23.9 Å². The van der Waals surface area contributed by atoms with Crippen LogP contribution in [0.3, 0.4) is 0 Å². The third-order valence-corrected chi connectivity index (χ3v) is 15.6. The monoisotopic (exact) mass is 1050 g/mol. The van der Waals surface area contributed by atoms with E-state index in [1.807, 2.05) is 21.1 Å². The minimum absolute atomic E-state index is 0.0768. The molecule has 0 rings (SSSR count). The topological polar surface area (TPSA) is 105 Å². The molecular formula is C64H126N2O6P+. The smallest absolute Gasteiger partial charge is 0.391 e. The first-order valence-corrected chi connectivity index (χ1v) is 33.3. The summed E-state index contributed by atoms with van der Waals surface area (Å²) in [5.41, 5.74) is 0. The Bertz CT molecular complexity index is 1280. The van der Waals surface area contributed by atoms with Gasteiger partial charge in [-0.05, 0) is 51.4 Å². The average molecular weight is 1050 g/mol. The number of aliphatic hydroxyl groups is 1. The fourth-order valence-corrected chi connectivity index (χ4v) is 10.4. The second-order valence-corrected chi connectivity index (χ2v) is 24.6. The number of likely N-dealkylation sites (N-methyl/N-ethyl adjacent to an activating group) is 1. The Morgan fingerprint density at radius 1 is 0.466 bits per heavy atom. The van der Waals surface area contributed by atoms with Crippen LogP contribution in [0.15, 0.2) is 36.5 Å². The average Bonchev–Trinajstić information content (AvgIpc) is 3.35. The molecule has 0 aromatic carbocycles. The third-order valence-electron chi connectivity index (χ3n) is 14.6. The quantitative estimate of drug-likeness (QED) is 0.0243. The molecule has 9 heteroatoms. The van der Waals surface area contributed by atoms with Crippen molar-refractivity contribution in [2.24, 2.45) is 0 Å². The summed E-state index contributed by atoms with van der Waals surface area (Å²) in [7, 11) is 1.63. The summed E-state index contributed by atoms with van der Waals surface area (Å²) in [6.45, 7) is 4.89. The normalized spacial score (nSPS) is 14.0. The molecule has 8 nitrogen and oxygen atoms in total. The van der Waals surface area contributed by atoms with Gasteiger partial charge in [0.25, 0.3) is 0 Å². The van der Waals surface area contributed by atoms with Gasteiger partial charge in [0.1, 0.15) is 13.2 Å². The van der Waals surface area contributed by atoms with Crippen molar-refractivity contribution in [1.82, 2.24) is 5.32 Å². The Labute approximate surface area is 455 Å². The van der Waals surface area contributed by atoms with Gasteiger partial charge >= 0.3 is 7.82 Å². The molecule has 73 heavy (non-hydrogen) atoms. The van der Waals surface area contributed by atoms with Crippen LogP contribution >= 0.6 is 7.82 Å². The van der Waals surface area contributed by atoms with Crippen molar-refractivity contribution >= 4 is 13.7 Å². The SMILES string of the molecule is CCCCCCC/C=C\C/C=C\C/C=C\CCCCCCCCCCCCCCCCCCCCCCCCCCCCC(=O)NC(COP(=O)(O)OCC[N+](C)(C)C)C(O)CCCCCCCCCCCC. The zero-order valence-electron chi connectivity index (χ0n) is 49.4. The number of carbonyl (C=O) groups is 1. The minimum atomic E-state index is -4.31. The Morgan fingerprint density at radius 2 is 0.781 bits per heavy atom. The zero-order chi connectivity index (χ0) is 53.5. The highest BCUT2D eigenvalue weighted by atomic mass is 31.2. The Morgan fingerprint density at radius 3 is 1.14 bits per heavy atom. The molecule has 0 bridgehead atoms. The van der Waals surface area contributed by atoms with Gasteiger partial charge in [-0.15, -0.1) is 0 Å². The highest BCUT2D eigenvalue weighted by Crippen LogP contribution is 2.43. The van der Waals surface area contributed by atoms with E-state index in [1.165, 1.54) is 238 Å². The van der Waals surface area contributed by atoms with Crippen molar-refractivity contribution in [3.63, 3.8) is 0 Å². The van der Waals surface area contributed by atoms with E-state index in [0.717, 1.165) is 51.4 Å². The van der Waals surface area contributed by atoms with Crippen LogP contribution in [0, 0.1) is 0 Å². The van der Waals surface area contributed by atoms with Crippen LogP contribution in [0.25, 0.3) is 0 Å². The van der Waals surface area contributed by atoms with Crippen molar-refractivity contribution in [2.75, 3.05) is 40.9 Å². The second-order valence-electron chi connectivity index (χ2n) is 23.1. The molecule has 0 aliphatic rings. The van der Waals surface area contributed by atoms with Gasteiger partial charge in [0.15, 0.2) is 0 Å². The zero-order valence-corrected chi connectivity index (χ0v) is 50.3. The number of unbranched alkanes of at least 4 members (excludes halogenated alkanes) is 40. The van der Waals surface area contributed by atoms with Crippen LogP contribution in [0.4, 0.5) is 0 Å². The van der Waals surface area contributed by atoms with Gasteiger partial charge in [-0.25, -0.2) is 4.57 Å². The summed E-state index contributed by atoms with van der Waals surface area (Å²) in [6.07, 6.45) is 72.6. The third kappa shape index (κ3) is 58.2. The predicted molar refractivity (Wildman–Crippen MR) is 318 cm³/mol.